The number of carbonyl (C=O) groups is 1. The first-order chi connectivity index (χ1) is 9.00. The van der Waals surface area contributed by atoms with Crippen molar-refractivity contribution < 1.29 is 4.79 Å². The lowest BCUT2D eigenvalue weighted by Crippen LogP contribution is -2.27. The van der Waals surface area contributed by atoms with Crippen LogP contribution in [0.2, 0.25) is 10.0 Å². The Kier molecular flexibility index (Phi) is 3.93. The molecule has 0 atom stereocenters. The van der Waals surface area contributed by atoms with Crippen LogP contribution in [0.25, 0.3) is 0 Å². The van der Waals surface area contributed by atoms with E-state index in [0.29, 0.717) is 11.4 Å². The SMILES string of the molecule is CN(C(=O)c1cc(N)c(Cl)c(Cl)c1)c1ccccn1. The van der Waals surface area contributed by atoms with Gasteiger partial charge in [0.15, 0.2) is 0 Å². The molecule has 4 nitrogen and oxygen atoms in total. The summed E-state index contributed by atoms with van der Waals surface area (Å²) in [4.78, 5) is 17.8. The second-order valence-corrected chi connectivity index (χ2v) is 4.70. The number of carbonyl (C=O) groups excluding carboxylic acids is 1. The predicted molar refractivity (Wildman–Crippen MR) is 77.8 cm³/mol. The van der Waals surface area contributed by atoms with E-state index in [1.807, 2.05) is 0 Å². The van der Waals surface area contributed by atoms with Gasteiger partial charge in [0.05, 0.1) is 15.7 Å². The van der Waals surface area contributed by atoms with Crippen LogP contribution in [0.4, 0.5) is 11.5 Å². The maximum absolute atomic E-state index is 12.3. The van der Waals surface area contributed by atoms with Crippen LogP contribution in [0.1, 0.15) is 10.4 Å². The highest BCUT2D eigenvalue weighted by atomic mass is 35.5. The Balaban J connectivity index is 2.35. The normalized spacial score (nSPS) is 10.3. The van der Waals surface area contributed by atoms with Gasteiger partial charge in [0.2, 0.25) is 0 Å². The zero-order valence-corrected chi connectivity index (χ0v) is 11.6. The number of nitrogens with two attached hydrogens (primary N) is 1. The van der Waals surface area contributed by atoms with Crippen LogP contribution in [0, 0.1) is 0 Å². The molecule has 0 saturated heterocycles. The molecule has 1 aromatic carbocycles. The fraction of sp³-hybridized carbons (Fsp3) is 0.0769. The van der Waals surface area contributed by atoms with Crippen LogP contribution in [0.15, 0.2) is 36.5 Å². The summed E-state index contributed by atoms with van der Waals surface area (Å²) >= 11 is 11.8. The van der Waals surface area contributed by atoms with Crippen molar-refractivity contribution in [1.82, 2.24) is 4.98 Å². The van der Waals surface area contributed by atoms with E-state index in [2.05, 4.69) is 4.98 Å². The second-order valence-electron chi connectivity index (χ2n) is 3.91. The molecule has 6 heteroatoms. The Morgan fingerprint density at radius 2 is 2.05 bits per heavy atom. The molecule has 98 valence electrons. The first-order valence-electron chi connectivity index (χ1n) is 5.44. The lowest BCUT2D eigenvalue weighted by atomic mass is 10.1. The van der Waals surface area contributed by atoms with Crippen LogP contribution in [-0.2, 0) is 0 Å². The molecule has 0 spiro atoms. The molecule has 0 saturated carbocycles. The van der Waals surface area contributed by atoms with Crippen LogP contribution in [0.3, 0.4) is 0 Å². The lowest BCUT2D eigenvalue weighted by molar-refractivity contribution is 0.0992. The van der Waals surface area contributed by atoms with Crippen LogP contribution in [0.5, 0.6) is 0 Å². The van der Waals surface area contributed by atoms with Gasteiger partial charge < -0.3 is 5.73 Å². The minimum Gasteiger partial charge on any atom is -0.397 e. The maximum atomic E-state index is 12.3. The molecule has 0 aliphatic rings. The van der Waals surface area contributed by atoms with Gasteiger partial charge in [0.1, 0.15) is 5.82 Å². The number of rotatable bonds is 2. The summed E-state index contributed by atoms with van der Waals surface area (Å²) in [7, 11) is 1.63. The van der Waals surface area contributed by atoms with Gasteiger partial charge in [0, 0.05) is 18.8 Å². The highest BCUT2D eigenvalue weighted by molar-refractivity contribution is 6.44. The Morgan fingerprint density at radius 1 is 1.32 bits per heavy atom. The first-order valence-corrected chi connectivity index (χ1v) is 6.20. The summed E-state index contributed by atoms with van der Waals surface area (Å²) in [6.45, 7) is 0. The molecule has 1 aromatic heterocycles. The van der Waals surface area contributed by atoms with E-state index in [-0.39, 0.29) is 21.6 Å². The van der Waals surface area contributed by atoms with E-state index < -0.39 is 0 Å². The molecule has 0 aliphatic carbocycles. The summed E-state index contributed by atoms with van der Waals surface area (Å²) in [5.41, 5.74) is 6.33. The Morgan fingerprint density at radius 3 is 2.63 bits per heavy atom. The summed E-state index contributed by atoms with van der Waals surface area (Å²) in [5.74, 6) is 0.279. The largest absolute Gasteiger partial charge is 0.397 e. The lowest BCUT2D eigenvalue weighted by Gasteiger charge is -2.16. The Bertz CT molecular complexity index is 594. The molecule has 0 unspecified atom stereocenters. The van der Waals surface area contributed by atoms with Crippen molar-refractivity contribution in [2.45, 2.75) is 0 Å². The molecule has 2 aromatic rings. The number of hydrogen-bond donors (Lipinski definition) is 1. The molecule has 0 radical (unpaired) electrons. The van der Waals surface area contributed by atoms with Gasteiger partial charge >= 0.3 is 0 Å². The van der Waals surface area contributed by atoms with E-state index in [1.54, 1.807) is 31.4 Å². The number of amides is 1. The predicted octanol–water partition coefficient (Wildman–Crippen LogP) is 3.25. The highest BCUT2D eigenvalue weighted by Crippen LogP contribution is 2.30. The van der Waals surface area contributed by atoms with Crippen molar-refractivity contribution in [2.24, 2.45) is 0 Å². The minimum absolute atomic E-state index is 0.249. The third-order valence-electron chi connectivity index (χ3n) is 2.60. The van der Waals surface area contributed by atoms with Crippen molar-refractivity contribution >= 4 is 40.6 Å². The van der Waals surface area contributed by atoms with E-state index in [9.17, 15) is 4.79 Å². The third kappa shape index (κ3) is 2.80. The standard InChI is InChI=1S/C13H11Cl2N3O/c1-18(11-4-2-3-5-17-11)13(19)8-6-9(14)12(15)10(16)7-8/h2-7H,16H2,1H3. The van der Waals surface area contributed by atoms with E-state index in [4.69, 9.17) is 28.9 Å². The molecular formula is C13H11Cl2N3O. The number of halogens is 2. The highest BCUT2D eigenvalue weighted by Gasteiger charge is 2.16. The summed E-state index contributed by atoms with van der Waals surface area (Å²) in [6.07, 6.45) is 1.61. The first kappa shape index (κ1) is 13.6. The number of nitrogen functional groups attached to an aromatic ring is 1. The molecule has 2 N–H and O–H groups in total. The van der Waals surface area contributed by atoms with E-state index >= 15 is 0 Å². The zero-order chi connectivity index (χ0) is 14.0. The van der Waals surface area contributed by atoms with Crippen LogP contribution < -0.4 is 10.6 Å². The van der Waals surface area contributed by atoms with Crippen molar-refractivity contribution in [3.63, 3.8) is 0 Å². The zero-order valence-electron chi connectivity index (χ0n) is 10.1. The molecule has 2 rings (SSSR count). The van der Waals surface area contributed by atoms with Gasteiger partial charge in [0.25, 0.3) is 5.91 Å². The van der Waals surface area contributed by atoms with Crippen molar-refractivity contribution in [2.75, 3.05) is 17.7 Å². The van der Waals surface area contributed by atoms with Gasteiger partial charge in [-0.05, 0) is 24.3 Å². The van der Waals surface area contributed by atoms with Crippen molar-refractivity contribution in [1.29, 1.82) is 0 Å². The van der Waals surface area contributed by atoms with Gasteiger partial charge in [-0.2, -0.15) is 0 Å². The van der Waals surface area contributed by atoms with Gasteiger partial charge in [-0.3, -0.25) is 9.69 Å². The topological polar surface area (TPSA) is 59.2 Å². The molecule has 0 fully saturated rings. The number of hydrogen-bond acceptors (Lipinski definition) is 3. The summed E-state index contributed by atoms with van der Waals surface area (Å²) < 4.78 is 0. The van der Waals surface area contributed by atoms with Crippen LogP contribution >= 0.6 is 23.2 Å². The Hall–Kier alpha value is -1.78. The van der Waals surface area contributed by atoms with Gasteiger partial charge in [-0.25, -0.2) is 4.98 Å². The second kappa shape index (κ2) is 5.47. The smallest absolute Gasteiger partial charge is 0.259 e. The molecule has 1 amide bonds. The van der Waals surface area contributed by atoms with E-state index in [1.165, 1.54) is 17.0 Å². The maximum Gasteiger partial charge on any atom is 0.259 e. The molecule has 19 heavy (non-hydrogen) atoms. The fourth-order valence-corrected chi connectivity index (χ4v) is 1.92. The van der Waals surface area contributed by atoms with Crippen molar-refractivity contribution in [3.05, 3.63) is 52.1 Å². The number of benzene rings is 1. The van der Waals surface area contributed by atoms with Gasteiger partial charge in [-0.15, -0.1) is 0 Å². The molecule has 0 aliphatic heterocycles. The van der Waals surface area contributed by atoms with Crippen molar-refractivity contribution in [3.8, 4) is 0 Å². The average Bonchev–Trinajstić information content (AvgIpc) is 2.43. The number of nitrogens with zero attached hydrogens (tertiary/aromatic N) is 2. The summed E-state index contributed by atoms with van der Waals surface area (Å²) in [6, 6.07) is 8.30. The Labute approximate surface area is 120 Å². The quantitative estimate of drug-likeness (QED) is 0.865. The molecule has 1 heterocycles. The summed E-state index contributed by atoms with van der Waals surface area (Å²) in [5, 5.41) is 0.498. The van der Waals surface area contributed by atoms with Gasteiger partial charge in [-0.1, -0.05) is 29.3 Å². The fourth-order valence-electron chi connectivity index (χ4n) is 1.58. The average molecular weight is 296 g/mol. The monoisotopic (exact) mass is 295 g/mol. The van der Waals surface area contributed by atoms with Crippen LogP contribution in [-0.4, -0.2) is 17.9 Å². The molecular weight excluding hydrogens is 285 g/mol. The molecule has 0 bridgehead atoms. The van der Waals surface area contributed by atoms with E-state index in [0.717, 1.165) is 0 Å². The number of aromatic nitrogens is 1. The minimum atomic E-state index is -0.260. The number of pyridine rings is 1. The number of anilines is 2. The third-order valence-corrected chi connectivity index (χ3v) is 3.42.